The van der Waals surface area contributed by atoms with Gasteiger partial charge >= 0.3 is 5.97 Å². The van der Waals surface area contributed by atoms with E-state index in [9.17, 15) is 13.2 Å². The lowest BCUT2D eigenvalue weighted by Crippen LogP contribution is -2.25. The Balaban J connectivity index is 2.65. The van der Waals surface area contributed by atoms with Gasteiger partial charge in [-0.05, 0) is 18.7 Å². The molecule has 102 valence electrons. The maximum atomic E-state index is 11.8. The zero-order valence-electron chi connectivity index (χ0n) is 10.0. The summed E-state index contributed by atoms with van der Waals surface area (Å²) in [5.74, 6) is -1.11. The third kappa shape index (κ3) is 4.27. The molecule has 1 unspecified atom stereocenters. The lowest BCUT2D eigenvalue weighted by molar-refractivity contribution is 0.0702. The molecule has 5 nitrogen and oxygen atoms in total. The van der Waals surface area contributed by atoms with Gasteiger partial charge in [0.25, 0.3) is 0 Å². The van der Waals surface area contributed by atoms with Crippen LogP contribution in [0.3, 0.4) is 0 Å². The molecule has 0 saturated carbocycles. The van der Waals surface area contributed by atoms with E-state index in [1.54, 1.807) is 11.8 Å². The molecule has 1 heterocycles. The monoisotopic (exact) mass is 309 g/mol. The maximum Gasteiger partial charge on any atom is 0.345 e. The van der Waals surface area contributed by atoms with Crippen molar-refractivity contribution in [3.63, 3.8) is 0 Å². The molecule has 1 aromatic heterocycles. The second-order valence-corrected chi connectivity index (χ2v) is 7.64. The third-order valence-corrected chi connectivity index (χ3v) is 5.89. The quantitative estimate of drug-likeness (QED) is 0.803. The van der Waals surface area contributed by atoms with E-state index >= 15 is 0 Å². The Morgan fingerprint density at radius 1 is 1.61 bits per heavy atom. The molecule has 18 heavy (non-hydrogen) atoms. The molecule has 0 aliphatic heterocycles. The van der Waals surface area contributed by atoms with Gasteiger partial charge in [-0.1, -0.05) is 6.92 Å². The van der Waals surface area contributed by atoms with E-state index in [4.69, 9.17) is 5.11 Å². The normalized spacial score (nSPS) is 13.4. The van der Waals surface area contributed by atoms with Gasteiger partial charge in [0, 0.05) is 17.2 Å². The lowest BCUT2D eigenvalue weighted by Gasteiger charge is -2.08. The number of hydrogen-bond acceptors (Lipinski definition) is 5. The zero-order chi connectivity index (χ0) is 13.8. The molecule has 0 radical (unpaired) electrons. The summed E-state index contributed by atoms with van der Waals surface area (Å²) >= 11 is 2.57. The van der Waals surface area contributed by atoms with E-state index in [2.05, 4.69) is 4.72 Å². The molecule has 8 heteroatoms. The highest BCUT2D eigenvalue weighted by atomic mass is 32.2. The lowest BCUT2D eigenvalue weighted by atomic mass is 10.3. The number of carboxylic acids is 1. The summed E-state index contributed by atoms with van der Waals surface area (Å²) < 4.78 is 26.1. The Labute approximate surface area is 115 Å². The molecule has 0 spiro atoms. The highest BCUT2D eigenvalue weighted by molar-refractivity contribution is 7.99. The largest absolute Gasteiger partial charge is 0.477 e. The molecular weight excluding hydrogens is 294 g/mol. The van der Waals surface area contributed by atoms with Crippen LogP contribution < -0.4 is 4.72 Å². The van der Waals surface area contributed by atoms with Gasteiger partial charge in [-0.15, -0.1) is 11.3 Å². The molecule has 1 atom stereocenters. The number of thiophene rings is 1. The van der Waals surface area contributed by atoms with Crippen LogP contribution in [0.2, 0.25) is 0 Å². The van der Waals surface area contributed by atoms with Crippen LogP contribution in [-0.4, -0.2) is 37.5 Å². The maximum absolute atomic E-state index is 11.8. The van der Waals surface area contributed by atoms with Crippen molar-refractivity contribution in [2.24, 2.45) is 0 Å². The Bertz CT molecular complexity index is 509. The molecule has 2 N–H and O–H groups in total. The second-order valence-electron chi connectivity index (χ2n) is 3.68. The molecular formula is C10H15NO4S3. The van der Waals surface area contributed by atoms with Gasteiger partial charge in [0.05, 0.1) is 4.90 Å². The molecule has 0 aliphatic rings. The topological polar surface area (TPSA) is 83.5 Å². The molecule has 0 fully saturated rings. The van der Waals surface area contributed by atoms with Crippen LogP contribution in [0, 0.1) is 0 Å². The summed E-state index contributed by atoms with van der Waals surface area (Å²) in [4.78, 5) is 10.7. The first-order valence-electron chi connectivity index (χ1n) is 5.21. The number of sulfonamides is 1. The Hall–Kier alpha value is -0.570. The fourth-order valence-corrected chi connectivity index (χ4v) is 3.68. The standard InChI is InChI=1S/C10H15NO4S3/c1-7(16-2)3-4-11-18(14,15)8-5-9(10(12)13)17-6-8/h5-7,11H,3-4H2,1-2H3,(H,12,13). The van der Waals surface area contributed by atoms with Crippen LogP contribution in [0.1, 0.15) is 23.0 Å². The van der Waals surface area contributed by atoms with Gasteiger partial charge in [-0.25, -0.2) is 17.9 Å². The van der Waals surface area contributed by atoms with E-state index in [0.717, 1.165) is 17.8 Å². The molecule has 0 saturated heterocycles. The molecule has 1 rings (SSSR count). The van der Waals surface area contributed by atoms with Crippen LogP contribution >= 0.6 is 23.1 Å². The van der Waals surface area contributed by atoms with Crippen molar-refractivity contribution in [3.8, 4) is 0 Å². The summed E-state index contributed by atoms with van der Waals surface area (Å²) in [6, 6.07) is 1.17. The number of carbonyl (C=O) groups is 1. The van der Waals surface area contributed by atoms with Crippen LogP contribution in [0.25, 0.3) is 0 Å². The number of carboxylic acid groups (broad SMARTS) is 1. The van der Waals surface area contributed by atoms with Gasteiger partial charge in [0.15, 0.2) is 0 Å². The molecule has 0 amide bonds. The highest BCUT2D eigenvalue weighted by Gasteiger charge is 2.18. The number of nitrogens with one attached hydrogen (secondary N) is 1. The SMILES string of the molecule is CSC(C)CCNS(=O)(=O)c1csc(C(=O)O)c1. The van der Waals surface area contributed by atoms with E-state index < -0.39 is 16.0 Å². The van der Waals surface area contributed by atoms with E-state index in [-0.39, 0.29) is 9.77 Å². The van der Waals surface area contributed by atoms with Crippen molar-refractivity contribution in [2.45, 2.75) is 23.5 Å². The number of aromatic carboxylic acids is 1. The average Bonchev–Trinajstić information content (AvgIpc) is 2.78. The van der Waals surface area contributed by atoms with Crippen LogP contribution in [-0.2, 0) is 10.0 Å². The molecule has 0 bridgehead atoms. The van der Waals surface area contributed by atoms with Gasteiger partial charge in [-0.2, -0.15) is 11.8 Å². The molecule has 1 aromatic rings. The van der Waals surface area contributed by atoms with E-state index in [0.29, 0.717) is 11.8 Å². The van der Waals surface area contributed by atoms with Crippen LogP contribution in [0.15, 0.2) is 16.3 Å². The average molecular weight is 309 g/mol. The minimum Gasteiger partial charge on any atom is -0.477 e. The zero-order valence-corrected chi connectivity index (χ0v) is 12.5. The second kappa shape index (κ2) is 6.55. The fourth-order valence-electron chi connectivity index (χ4n) is 1.17. The van der Waals surface area contributed by atoms with Crippen molar-refractivity contribution in [2.75, 3.05) is 12.8 Å². The van der Waals surface area contributed by atoms with Crippen molar-refractivity contribution >= 4 is 39.1 Å². The summed E-state index contributed by atoms with van der Waals surface area (Å²) in [6.07, 6.45) is 2.70. The minimum absolute atomic E-state index is 0.0155. The summed E-state index contributed by atoms with van der Waals surface area (Å²) in [5.41, 5.74) is 0. The first-order valence-corrected chi connectivity index (χ1v) is 8.86. The van der Waals surface area contributed by atoms with E-state index in [1.807, 2.05) is 13.2 Å². The van der Waals surface area contributed by atoms with Crippen LogP contribution in [0.5, 0.6) is 0 Å². The molecule has 0 aromatic carbocycles. The fraction of sp³-hybridized carbons (Fsp3) is 0.500. The van der Waals surface area contributed by atoms with Crippen molar-refractivity contribution in [1.82, 2.24) is 4.72 Å². The summed E-state index contributed by atoms with van der Waals surface area (Å²) in [7, 11) is -3.59. The van der Waals surface area contributed by atoms with E-state index in [1.165, 1.54) is 11.4 Å². The van der Waals surface area contributed by atoms with Gasteiger partial charge in [0.1, 0.15) is 4.88 Å². The summed E-state index contributed by atoms with van der Waals surface area (Å²) in [5, 5.41) is 10.5. The minimum atomic E-state index is -3.59. The first kappa shape index (κ1) is 15.5. The van der Waals surface area contributed by atoms with Gasteiger partial charge < -0.3 is 5.11 Å². The van der Waals surface area contributed by atoms with Crippen LogP contribution in [0.4, 0.5) is 0 Å². The predicted molar refractivity (Wildman–Crippen MR) is 74.1 cm³/mol. The smallest absolute Gasteiger partial charge is 0.345 e. The van der Waals surface area contributed by atoms with Crippen molar-refractivity contribution in [1.29, 1.82) is 0 Å². The number of thioether (sulfide) groups is 1. The van der Waals surface area contributed by atoms with Gasteiger partial charge in [0.2, 0.25) is 10.0 Å². The molecule has 0 aliphatic carbocycles. The number of rotatable bonds is 7. The third-order valence-electron chi connectivity index (χ3n) is 2.34. The van der Waals surface area contributed by atoms with Gasteiger partial charge in [-0.3, -0.25) is 0 Å². The predicted octanol–water partition coefficient (Wildman–Crippen LogP) is 1.87. The van der Waals surface area contributed by atoms with Crippen molar-refractivity contribution < 1.29 is 18.3 Å². The van der Waals surface area contributed by atoms with Crippen molar-refractivity contribution in [3.05, 3.63) is 16.3 Å². The number of hydrogen-bond donors (Lipinski definition) is 2. The summed E-state index contributed by atoms with van der Waals surface area (Å²) in [6.45, 7) is 2.37. The Morgan fingerprint density at radius 2 is 2.28 bits per heavy atom. The first-order chi connectivity index (χ1) is 8.36. The Morgan fingerprint density at radius 3 is 2.78 bits per heavy atom. The Kier molecular flexibility index (Phi) is 5.64. The highest BCUT2D eigenvalue weighted by Crippen LogP contribution is 2.19.